The van der Waals surface area contributed by atoms with Crippen LogP contribution in [0.3, 0.4) is 0 Å². The van der Waals surface area contributed by atoms with Crippen LogP contribution in [0.1, 0.15) is 21.1 Å². The zero-order valence-electron chi connectivity index (χ0n) is 14.1. The van der Waals surface area contributed by atoms with Gasteiger partial charge in [-0.3, -0.25) is 4.79 Å². The average Bonchev–Trinajstić information content (AvgIpc) is 3.36. The van der Waals surface area contributed by atoms with Crippen LogP contribution >= 0.6 is 22.7 Å². The van der Waals surface area contributed by atoms with Crippen molar-refractivity contribution < 1.29 is 9.21 Å². The number of thiazole rings is 1. The maximum atomic E-state index is 12.5. The van der Waals surface area contributed by atoms with E-state index in [1.807, 2.05) is 55.6 Å². The molecule has 7 heteroatoms. The van der Waals surface area contributed by atoms with Crippen molar-refractivity contribution in [1.82, 2.24) is 9.97 Å². The third-order valence-corrected chi connectivity index (χ3v) is 5.89. The van der Waals surface area contributed by atoms with Crippen LogP contribution in [0.4, 0.5) is 5.69 Å². The topological polar surface area (TPSA) is 68.0 Å². The molecule has 1 aromatic carbocycles. The Labute approximate surface area is 158 Å². The maximum Gasteiger partial charge on any atom is 0.267 e. The lowest BCUT2D eigenvalue weighted by atomic mass is 10.2. The summed E-state index contributed by atoms with van der Waals surface area (Å²) in [5.41, 5.74) is 2.37. The Hall–Kier alpha value is -2.77. The molecule has 0 bridgehead atoms. The van der Waals surface area contributed by atoms with Gasteiger partial charge in [-0.15, -0.1) is 22.7 Å². The van der Waals surface area contributed by atoms with E-state index < -0.39 is 0 Å². The Morgan fingerprint density at radius 3 is 2.81 bits per heavy atom. The first kappa shape index (κ1) is 16.7. The van der Waals surface area contributed by atoms with Crippen molar-refractivity contribution in [2.24, 2.45) is 0 Å². The average molecular weight is 381 g/mol. The Balaban J connectivity index is 1.54. The van der Waals surface area contributed by atoms with Crippen molar-refractivity contribution in [3.8, 4) is 21.3 Å². The standard InChI is InChI=1S/C19H15N3O2S2/c1-11-12(2)24-18(21-11)13-5-3-6-14(9-13)22-17(23)16-10-20-19(26-16)15-7-4-8-25-15/h3-10H,1-2H3,(H,22,23). The van der Waals surface area contributed by atoms with E-state index >= 15 is 0 Å². The van der Waals surface area contributed by atoms with Crippen LogP contribution in [0.15, 0.2) is 52.4 Å². The van der Waals surface area contributed by atoms with Crippen LogP contribution in [0, 0.1) is 13.8 Å². The first-order valence-electron chi connectivity index (χ1n) is 7.95. The zero-order chi connectivity index (χ0) is 18.1. The number of nitrogens with one attached hydrogen (secondary N) is 1. The van der Waals surface area contributed by atoms with Crippen molar-refractivity contribution in [3.63, 3.8) is 0 Å². The molecular weight excluding hydrogens is 366 g/mol. The van der Waals surface area contributed by atoms with E-state index in [4.69, 9.17) is 4.42 Å². The summed E-state index contributed by atoms with van der Waals surface area (Å²) in [6.45, 7) is 3.79. The fraction of sp³-hybridized carbons (Fsp3) is 0.105. The SMILES string of the molecule is Cc1nc(-c2cccc(NC(=O)c3cnc(-c4cccs4)s3)c2)oc1C. The van der Waals surface area contributed by atoms with Crippen LogP contribution in [0.5, 0.6) is 0 Å². The van der Waals surface area contributed by atoms with Crippen molar-refractivity contribution in [2.45, 2.75) is 13.8 Å². The zero-order valence-corrected chi connectivity index (χ0v) is 15.8. The number of hydrogen-bond acceptors (Lipinski definition) is 6. The van der Waals surface area contributed by atoms with Gasteiger partial charge in [0, 0.05) is 11.3 Å². The molecule has 1 amide bonds. The van der Waals surface area contributed by atoms with Gasteiger partial charge >= 0.3 is 0 Å². The van der Waals surface area contributed by atoms with E-state index in [0.29, 0.717) is 16.5 Å². The van der Waals surface area contributed by atoms with Crippen LogP contribution < -0.4 is 5.32 Å². The molecule has 3 aromatic heterocycles. The molecule has 0 spiro atoms. The Morgan fingerprint density at radius 1 is 1.19 bits per heavy atom. The Morgan fingerprint density at radius 2 is 2.08 bits per heavy atom. The second-order valence-electron chi connectivity index (χ2n) is 5.70. The maximum absolute atomic E-state index is 12.5. The lowest BCUT2D eigenvalue weighted by Gasteiger charge is -2.04. The van der Waals surface area contributed by atoms with E-state index in [1.165, 1.54) is 11.3 Å². The third-order valence-electron chi connectivity index (χ3n) is 3.86. The molecule has 5 nitrogen and oxygen atoms in total. The second-order valence-corrected chi connectivity index (χ2v) is 7.68. The van der Waals surface area contributed by atoms with Crippen molar-refractivity contribution in [3.05, 3.63) is 64.3 Å². The molecule has 0 aliphatic heterocycles. The van der Waals surface area contributed by atoms with Gasteiger partial charge in [-0.25, -0.2) is 9.97 Å². The van der Waals surface area contributed by atoms with E-state index in [1.54, 1.807) is 17.5 Å². The summed E-state index contributed by atoms with van der Waals surface area (Å²) in [6, 6.07) is 11.4. The van der Waals surface area contributed by atoms with Gasteiger partial charge in [-0.2, -0.15) is 0 Å². The van der Waals surface area contributed by atoms with Crippen LogP contribution in [0.25, 0.3) is 21.3 Å². The Bertz CT molecular complexity index is 1040. The molecule has 0 fully saturated rings. The minimum Gasteiger partial charge on any atom is -0.441 e. The summed E-state index contributed by atoms with van der Waals surface area (Å²) >= 11 is 2.99. The highest BCUT2D eigenvalue weighted by Gasteiger charge is 2.14. The number of carbonyl (C=O) groups excluding carboxylic acids is 1. The van der Waals surface area contributed by atoms with E-state index in [2.05, 4.69) is 15.3 Å². The number of nitrogens with zero attached hydrogens (tertiary/aromatic N) is 2. The molecule has 0 saturated carbocycles. The molecule has 1 N–H and O–H groups in total. The summed E-state index contributed by atoms with van der Waals surface area (Å²) in [6.07, 6.45) is 1.61. The lowest BCUT2D eigenvalue weighted by molar-refractivity contribution is 0.103. The van der Waals surface area contributed by atoms with Crippen LogP contribution in [-0.2, 0) is 0 Å². The molecule has 0 atom stereocenters. The normalized spacial score (nSPS) is 10.8. The molecule has 0 aliphatic rings. The molecule has 26 heavy (non-hydrogen) atoms. The first-order chi connectivity index (χ1) is 12.6. The number of hydrogen-bond donors (Lipinski definition) is 1. The summed E-state index contributed by atoms with van der Waals surface area (Å²) in [5, 5.41) is 5.76. The predicted molar refractivity (Wildman–Crippen MR) is 105 cm³/mol. The van der Waals surface area contributed by atoms with Gasteiger partial charge < -0.3 is 9.73 Å². The van der Waals surface area contributed by atoms with Crippen molar-refractivity contribution >= 4 is 34.3 Å². The number of carbonyl (C=O) groups is 1. The highest BCUT2D eigenvalue weighted by molar-refractivity contribution is 7.22. The molecule has 0 aliphatic carbocycles. The van der Waals surface area contributed by atoms with E-state index in [-0.39, 0.29) is 5.91 Å². The van der Waals surface area contributed by atoms with E-state index in [9.17, 15) is 4.79 Å². The van der Waals surface area contributed by atoms with Crippen LogP contribution in [0.2, 0.25) is 0 Å². The third kappa shape index (κ3) is 3.31. The smallest absolute Gasteiger partial charge is 0.267 e. The van der Waals surface area contributed by atoms with Gasteiger partial charge in [0.15, 0.2) is 0 Å². The molecule has 3 heterocycles. The van der Waals surface area contributed by atoms with Gasteiger partial charge in [0.25, 0.3) is 5.91 Å². The van der Waals surface area contributed by atoms with Gasteiger partial charge in [0.1, 0.15) is 15.6 Å². The number of aryl methyl sites for hydroxylation is 2. The number of aromatic nitrogens is 2. The number of rotatable bonds is 4. The monoisotopic (exact) mass is 381 g/mol. The first-order valence-corrected chi connectivity index (χ1v) is 9.65. The number of benzene rings is 1. The van der Waals surface area contributed by atoms with Crippen molar-refractivity contribution in [1.29, 1.82) is 0 Å². The number of amides is 1. The molecule has 0 unspecified atom stereocenters. The Kier molecular flexibility index (Phi) is 4.40. The highest BCUT2D eigenvalue weighted by atomic mass is 32.1. The van der Waals surface area contributed by atoms with Crippen molar-refractivity contribution in [2.75, 3.05) is 5.32 Å². The summed E-state index contributed by atoms with van der Waals surface area (Å²) in [4.78, 5) is 22.9. The van der Waals surface area contributed by atoms with Gasteiger partial charge in [0.05, 0.1) is 16.8 Å². The molecule has 0 radical (unpaired) electrons. The molecular formula is C19H15N3O2S2. The number of anilines is 1. The summed E-state index contributed by atoms with van der Waals surface area (Å²) in [7, 11) is 0. The number of oxazole rings is 1. The molecule has 4 aromatic rings. The highest BCUT2D eigenvalue weighted by Crippen LogP contribution is 2.29. The molecule has 0 saturated heterocycles. The van der Waals surface area contributed by atoms with Gasteiger partial charge in [-0.05, 0) is 43.5 Å². The molecule has 130 valence electrons. The summed E-state index contributed by atoms with van der Waals surface area (Å²) < 4.78 is 5.66. The largest absolute Gasteiger partial charge is 0.441 e. The van der Waals surface area contributed by atoms with Gasteiger partial charge in [0.2, 0.25) is 5.89 Å². The predicted octanol–water partition coefficient (Wildman–Crippen LogP) is 5.40. The minimum absolute atomic E-state index is 0.178. The molecule has 4 rings (SSSR count). The van der Waals surface area contributed by atoms with E-state index in [0.717, 1.165) is 26.9 Å². The second kappa shape index (κ2) is 6.86. The van der Waals surface area contributed by atoms with Crippen LogP contribution in [-0.4, -0.2) is 15.9 Å². The summed E-state index contributed by atoms with van der Waals surface area (Å²) in [5.74, 6) is 1.16. The fourth-order valence-electron chi connectivity index (χ4n) is 2.41. The van der Waals surface area contributed by atoms with Gasteiger partial charge in [-0.1, -0.05) is 12.1 Å². The lowest BCUT2D eigenvalue weighted by Crippen LogP contribution is -2.10. The quantitative estimate of drug-likeness (QED) is 0.514. The number of thiophene rings is 1. The fourth-order valence-corrected chi connectivity index (χ4v) is 4.03. The minimum atomic E-state index is -0.178.